The highest BCUT2D eigenvalue weighted by Crippen LogP contribution is 2.26. The van der Waals surface area contributed by atoms with Crippen LogP contribution in [0.15, 0.2) is 42.5 Å². The molecule has 0 amide bonds. The highest BCUT2D eigenvalue weighted by Gasteiger charge is 2.22. The van der Waals surface area contributed by atoms with Crippen LogP contribution < -0.4 is 4.74 Å². The number of aryl methyl sites for hydroxylation is 2. The van der Waals surface area contributed by atoms with Gasteiger partial charge in [0.25, 0.3) is 0 Å². The van der Waals surface area contributed by atoms with Crippen molar-refractivity contribution in [1.29, 1.82) is 0 Å². The molecule has 3 rings (SSSR count). The summed E-state index contributed by atoms with van der Waals surface area (Å²) < 4.78 is 11.3. The molecule has 0 radical (unpaired) electrons. The van der Waals surface area contributed by atoms with Crippen LogP contribution in [0.1, 0.15) is 30.4 Å². The van der Waals surface area contributed by atoms with Gasteiger partial charge in [-0.15, -0.1) is 0 Å². The highest BCUT2D eigenvalue weighted by molar-refractivity contribution is 5.38. The second-order valence-corrected chi connectivity index (χ2v) is 6.45. The topological polar surface area (TPSA) is 79.2 Å². The largest absolute Gasteiger partial charge is 0.508 e. The van der Waals surface area contributed by atoms with Crippen molar-refractivity contribution < 1.29 is 24.8 Å². The van der Waals surface area contributed by atoms with E-state index in [4.69, 9.17) is 9.47 Å². The van der Waals surface area contributed by atoms with Crippen LogP contribution >= 0.6 is 0 Å². The summed E-state index contributed by atoms with van der Waals surface area (Å²) in [5.74, 6) is 0.987. The molecule has 5 nitrogen and oxygen atoms in total. The predicted octanol–water partition coefficient (Wildman–Crippen LogP) is 3.15. The van der Waals surface area contributed by atoms with Crippen molar-refractivity contribution in [1.82, 2.24) is 0 Å². The number of aromatic hydroxyl groups is 2. The molecule has 0 aromatic heterocycles. The molecule has 1 unspecified atom stereocenters. The molecular weight excluding hydrogens is 320 g/mol. The van der Waals surface area contributed by atoms with E-state index in [2.05, 4.69) is 0 Å². The first-order chi connectivity index (χ1) is 12.1. The van der Waals surface area contributed by atoms with E-state index in [1.165, 1.54) is 5.56 Å². The molecule has 25 heavy (non-hydrogen) atoms. The van der Waals surface area contributed by atoms with Crippen LogP contribution in [-0.4, -0.2) is 34.3 Å². The Hall–Kier alpha value is -2.24. The average Bonchev–Trinajstić information content (AvgIpc) is 2.56. The van der Waals surface area contributed by atoms with Gasteiger partial charge in [-0.05, 0) is 61.1 Å². The first-order valence-corrected chi connectivity index (χ1v) is 8.65. The van der Waals surface area contributed by atoms with Crippen LogP contribution in [0.25, 0.3) is 0 Å². The SMILES string of the molecule is Oc1ccc(CCCc2cc(O)cc(OC3C[C@@H](O)CCO3)c2)cc1. The normalized spacial score (nSPS) is 20.4. The molecule has 3 N–H and O–H groups in total. The van der Waals surface area contributed by atoms with Crippen LogP contribution in [0.2, 0.25) is 0 Å². The lowest BCUT2D eigenvalue weighted by Crippen LogP contribution is -2.32. The van der Waals surface area contributed by atoms with E-state index >= 15 is 0 Å². The molecule has 0 aliphatic carbocycles. The van der Waals surface area contributed by atoms with E-state index in [1.54, 1.807) is 24.3 Å². The summed E-state index contributed by atoms with van der Waals surface area (Å²) >= 11 is 0. The number of hydrogen-bond acceptors (Lipinski definition) is 5. The molecule has 5 heteroatoms. The van der Waals surface area contributed by atoms with E-state index in [0.29, 0.717) is 25.2 Å². The molecule has 0 spiro atoms. The molecule has 134 valence electrons. The van der Waals surface area contributed by atoms with Gasteiger partial charge in [0.1, 0.15) is 17.2 Å². The molecule has 2 aromatic carbocycles. The Balaban J connectivity index is 1.56. The van der Waals surface area contributed by atoms with Gasteiger partial charge in [-0.25, -0.2) is 0 Å². The van der Waals surface area contributed by atoms with Crippen LogP contribution in [0.4, 0.5) is 0 Å². The summed E-state index contributed by atoms with van der Waals surface area (Å²) in [5.41, 5.74) is 2.16. The number of aliphatic hydroxyl groups excluding tert-OH is 1. The van der Waals surface area contributed by atoms with Gasteiger partial charge in [0.05, 0.1) is 12.7 Å². The monoisotopic (exact) mass is 344 g/mol. The first-order valence-electron chi connectivity index (χ1n) is 8.65. The molecule has 2 atom stereocenters. The van der Waals surface area contributed by atoms with Gasteiger partial charge < -0.3 is 24.8 Å². The fourth-order valence-corrected chi connectivity index (χ4v) is 2.99. The molecule has 2 aromatic rings. The van der Waals surface area contributed by atoms with E-state index in [0.717, 1.165) is 24.8 Å². The van der Waals surface area contributed by atoms with E-state index < -0.39 is 12.4 Å². The number of phenols is 2. The van der Waals surface area contributed by atoms with Crippen LogP contribution in [-0.2, 0) is 17.6 Å². The quantitative estimate of drug-likeness (QED) is 0.750. The summed E-state index contributed by atoms with van der Waals surface area (Å²) in [6.45, 7) is 0.476. The van der Waals surface area contributed by atoms with Crippen molar-refractivity contribution in [2.75, 3.05) is 6.61 Å². The Kier molecular flexibility index (Phi) is 5.79. The number of hydrogen-bond donors (Lipinski definition) is 3. The lowest BCUT2D eigenvalue weighted by atomic mass is 10.0. The van der Waals surface area contributed by atoms with E-state index in [-0.39, 0.29) is 11.5 Å². The van der Waals surface area contributed by atoms with Crippen molar-refractivity contribution in [2.45, 2.75) is 44.5 Å². The summed E-state index contributed by atoms with van der Waals surface area (Å²) in [6, 6.07) is 12.4. The molecule has 1 heterocycles. The van der Waals surface area contributed by atoms with Gasteiger partial charge >= 0.3 is 0 Å². The van der Waals surface area contributed by atoms with Crippen molar-refractivity contribution in [3.63, 3.8) is 0 Å². The molecule has 0 bridgehead atoms. The molecule has 1 aliphatic heterocycles. The fraction of sp³-hybridized carbons (Fsp3) is 0.400. The number of rotatable bonds is 6. The molecule has 0 saturated carbocycles. The van der Waals surface area contributed by atoms with Crippen molar-refractivity contribution in [3.8, 4) is 17.2 Å². The molecule has 1 fully saturated rings. The fourth-order valence-electron chi connectivity index (χ4n) is 2.99. The van der Waals surface area contributed by atoms with Gasteiger partial charge in [-0.3, -0.25) is 0 Å². The van der Waals surface area contributed by atoms with Gasteiger partial charge in [-0.1, -0.05) is 12.1 Å². The summed E-state index contributed by atoms with van der Waals surface area (Å²) in [7, 11) is 0. The summed E-state index contributed by atoms with van der Waals surface area (Å²) in [6.07, 6.45) is 2.81. The zero-order valence-corrected chi connectivity index (χ0v) is 14.1. The van der Waals surface area contributed by atoms with Gasteiger partial charge in [-0.2, -0.15) is 0 Å². The Morgan fingerprint density at radius 1 is 0.960 bits per heavy atom. The maximum Gasteiger partial charge on any atom is 0.202 e. The van der Waals surface area contributed by atoms with Gasteiger partial charge in [0.2, 0.25) is 6.29 Å². The predicted molar refractivity (Wildman–Crippen MR) is 93.8 cm³/mol. The second-order valence-electron chi connectivity index (χ2n) is 6.45. The standard InChI is InChI=1S/C20H24O5/c21-16-6-4-14(5-7-16)2-1-3-15-10-18(23)12-19(11-15)25-20-13-17(22)8-9-24-20/h4-7,10-12,17,20-23H,1-3,8-9,13H2/t17-,20?/m0/s1. The number of aliphatic hydroxyl groups is 1. The molecular formula is C20H24O5. The van der Waals surface area contributed by atoms with E-state index in [1.807, 2.05) is 18.2 Å². The maximum atomic E-state index is 9.92. The Labute approximate surface area is 147 Å². The second kappa shape index (κ2) is 8.23. The first kappa shape index (κ1) is 17.6. The minimum Gasteiger partial charge on any atom is -0.508 e. The number of ether oxygens (including phenoxy) is 2. The zero-order valence-electron chi connectivity index (χ0n) is 14.1. The van der Waals surface area contributed by atoms with Crippen molar-refractivity contribution >= 4 is 0 Å². The Morgan fingerprint density at radius 2 is 1.72 bits per heavy atom. The summed E-state index contributed by atoms with van der Waals surface area (Å²) in [5, 5.41) is 28.9. The average molecular weight is 344 g/mol. The molecule has 1 aliphatic rings. The highest BCUT2D eigenvalue weighted by atomic mass is 16.7. The maximum absolute atomic E-state index is 9.92. The third kappa shape index (κ3) is 5.37. The minimum absolute atomic E-state index is 0.161. The van der Waals surface area contributed by atoms with Crippen LogP contribution in [0, 0.1) is 0 Å². The van der Waals surface area contributed by atoms with Crippen molar-refractivity contribution in [3.05, 3.63) is 53.6 Å². The summed E-state index contributed by atoms with van der Waals surface area (Å²) in [4.78, 5) is 0. The van der Waals surface area contributed by atoms with E-state index in [9.17, 15) is 15.3 Å². The number of benzene rings is 2. The van der Waals surface area contributed by atoms with Crippen LogP contribution in [0.5, 0.6) is 17.2 Å². The third-order valence-electron chi connectivity index (χ3n) is 4.31. The third-order valence-corrected chi connectivity index (χ3v) is 4.31. The van der Waals surface area contributed by atoms with Gasteiger partial charge in [0.15, 0.2) is 0 Å². The zero-order chi connectivity index (χ0) is 17.6. The van der Waals surface area contributed by atoms with Crippen LogP contribution in [0.3, 0.4) is 0 Å². The Bertz CT molecular complexity index is 683. The number of phenolic OH excluding ortho intramolecular Hbond substituents is 2. The smallest absolute Gasteiger partial charge is 0.202 e. The van der Waals surface area contributed by atoms with Crippen molar-refractivity contribution in [2.24, 2.45) is 0 Å². The Morgan fingerprint density at radius 3 is 2.48 bits per heavy atom. The molecule has 1 saturated heterocycles. The minimum atomic E-state index is -0.476. The lowest BCUT2D eigenvalue weighted by Gasteiger charge is -2.27. The lowest BCUT2D eigenvalue weighted by molar-refractivity contribution is -0.137. The van der Waals surface area contributed by atoms with Gasteiger partial charge in [0, 0.05) is 12.5 Å².